The molecule has 1 amide bonds. The average molecular weight is 212 g/mol. The first kappa shape index (κ1) is 12.5. The van der Waals surface area contributed by atoms with E-state index in [1.54, 1.807) is 0 Å². The maximum absolute atomic E-state index is 11.8. The standard InChI is InChI=1S/C12H24N2O/c1-3-11(9-13-2)12(15)14-8-10-6-4-5-7-10/h10-11,13H,3-9H2,1-2H3,(H,14,15). The van der Waals surface area contributed by atoms with E-state index in [-0.39, 0.29) is 11.8 Å². The summed E-state index contributed by atoms with van der Waals surface area (Å²) in [4.78, 5) is 11.8. The zero-order valence-corrected chi connectivity index (χ0v) is 10.0. The molecular formula is C12H24N2O. The molecule has 88 valence electrons. The Labute approximate surface area is 93.0 Å². The molecule has 1 aliphatic carbocycles. The third-order valence-electron chi connectivity index (χ3n) is 3.35. The van der Waals surface area contributed by atoms with Gasteiger partial charge in [0.15, 0.2) is 0 Å². The van der Waals surface area contributed by atoms with E-state index in [0.29, 0.717) is 0 Å². The molecule has 0 saturated heterocycles. The quantitative estimate of drug-likeness (QED) is 0.701. The first-order valence-electron chi connectivity index (χ1n) is 6.20. The zero-order chi connectivity index (χ0) is 11.1. The predicted molar refractivity (Wildman–Crippen MR) is 62.7 cm³/mol. The summed E-state index contributed by atoms with van der Waals surface area (Å²) in [6.07, 6.45) is 6.19. The zero-order valence-electron chi connectivity index (χ0n) is 10.0. The van der Waals surface area contributed by atoms with Crippen molar-refractivity contribution in [2.45, 2.75) is 39.0 Å². The second-order valence-electron chi connectivity index (χ2n) is 4.56. The summed E-state index contributed by atoms with van der Waals surface area (Å²) in [7, 11) is 1.90. The van der Waals surface area contributed by atoms with E-state index < -0.39 is 0 Å². The fraction of sp³-hybridized carbons (Fsp3) is 0.917. The largest absolute Gasteiger partial charge is 0.356 e. The SMILES string of the molecule is CCC(CNC)C(=O)NCC1CCCC1. The van der Waals surface area contributed by atoms with Gasteiger partial charge in [-0.15, -0.1) is 0 Å². The van der Waals surface area contributed by atoms with Gasteiger partial charge >= 0.3 is 0 Å². The molecule has 15 heavy (non-hydrogen) atoms. The Morgan fingerprint density at radius 1 is 1.40 bits per heavy atom. The molecule has 1 atom stereocenters. The molecule has 0 heterocycles. The van der Waals surface area contributed by atoms with Crippen LogP contribution in [0.25, 0.3) is 0 Å². The lowest BCUT2D eigenvalue weighted by atomic mass is 10.0. The van der Waals surface area contributed by atoms with Gasteiger partial charge in [0.2, 0.25) is 5.91 Å². The van der Waals surface area contributed by atoms with Crippen molar-refractivity contribution in [2.75, 3.05) is 20.1 Å². The molecule has 1 unspecified atom stereocenters. The van der Waals surface area contributed by atoms with Crippen LogP contribution in [0.4, 0.5) is 0 Å². The monoisotopic (exact) mass is 212 g/mol. The molecule has 1 aliphatic rings. The second-order valence-corrected chi connectivity index (χ2v) is 4.56. The summed E-state index contributed by atoms with van der Waals surface area (Å²) in [5, 5.41) is 6.15. The molecule has 0 aromatic rings. The maximum atomic E-state index is 11.8. The minimum Gasteiger partial charge on any atom is -0.356 e. The van der Waals surface area contributed by atoms with E-state index in [0.717, 1.165) is 25.4 Å². The Balaban J connectivity index is 2.20. The highest BCUT2D eigenvalue weighted by Crippen LogP contribution is 2.23. The van der Waals surface area contributed by atoms with E-state index in [1.807, 2.05) is 7.05 Å². The Morgan fingerprint density at radius 2 is 2.07 bits per heavy atom. The van der Waals surface area contributed by atoms with Gasteiger partial charge in [-0.3, -0.25) is 4.79 Å². The molecule has 2 N–H and O–H groups in total. The van der Waals surface area contributed by atoms with E-state index in [2.05, 4.69) is 17.6 Å². The molecule has 0 bridgehead atoms. The molecule has 3 nitrogen and oxygen atoms in total. The Morgan fingerprint density at radius 3 is 2.60 bits per heavy atom. The van der Waals surface area contributed by atoms with Gasteiger partial charge in [-0.1, -0.05) is 19.8 Å². The summed E-state index contributed by atoms with van der Waals surface area (Å²) in [5.74, 6) is 1.09. The molecule has 0 aromatic heterocycles. The highest BCUT2D eigenvalue weighted by atomic mass is 16.1. The summed E-state index contributed by atoms with van der Waals surface area (Å²) in [6.45, 7) is 3.74. The summed E-state index contributed by atoms with van der Waals surface area (Å²) >= 11 is 0. The van der Waals surface area contributed by atoms with Crippen LogP contribution >= 0.6 is 0 Å². The van der Waals surface area contributed by atoms with Crippen LogP contribution in [0.1, 0.15) is 39.0 Å². The summed E-state index contributed by atoms with van der Waals surface area (Å²) in [6, 6.07) is 0. The Kier molecular flexibility index (Phi) is 5.69. The van der Waals surface area contributed by atoms with Crippen molar-refractivity contribution >= 4 is 5.91 Å². The lowest BCUT2D eigenvalue weighted by Crippen LogP contribution is -2.37. The van der Waals surface area contributed by atoms with E-state index in [9.17, 15) is 4.79 Å². The second kappa shape index (κ2) is 6.83. The predicted octanol–water partition coefficient (Wildman–Crippen LogP) is 1.54. The number of hydrogen-bond acceptors (Lipinski definition) is 2. The molecule has 1 saturated carbocycles. The van der Waals surface area contributed by atoms with E-state index in [4.69, 9.17) is 0 Å². The minimum absolute atomic E-state index is 0.136. The van der Waals surface area contributed by atoms with Crippen LogP contribution in [-0.2, 0) is 4.79 Å². The van der Waals surface area contributed by atoms with Crippen molar-refractivity contribution in [1.82, 2.24) is 10.6 Å². The van der Waals surface area contributed by atoms with Crippen molar-refractivity contribution in [3.8, 4) is 0 Å². The van der Waals surface area contributed by atoms with Crippen LogP contribution in [0.15, 0.2) is 0 Å². The van der Waals surface area contributed by atoms with Gasteiger partial charge in [0.1, 0.15) is 0 Å². The number of carbonyl (C=O) groups is 1. The van der Waals surface area contributed by atoms with E-state index in [1.165, 1.54) is 25.7 Å². The van der Waals surface area contributed by atoms with Crippen LogP contribution in [0.3, 0.4) is 0 Å². The van der Waals surface area contributed by atoms with Crippen molar-refractivity contribution in [2.24, 2.45) is 11.8 Å². The Bertz CT molecular complexity index is 188. The van der Waals surface area contributed by atoms with Crippen LogP contribution in [0.2, 0.25) is 0 Å². The van der Waals surface area contributed by atoms with Crippen LogP contribution in [0.5, 0.6) is 0 Å². The highest BCUT2D eigenvalue weighted by molar-refractivity contribution is 5.78. The molecule has 0 aliphatic heterocycles. The van der Waals surface area contributed by atoms with Crippen molar-refractivity contribution in [1.29, 1.82) is 0 Å². The number of carbonyl (C=O) groups excluding carboxylic acids is 1. The van der Waals surface area contributed by atoms with Crippen molar-refractivity contribution in [3.05, 3.63) is 0 Å². The van der Waals surface area contributed by atoms with Gasteiger partial charge in [0.05, 0.1) is 5.92 Å². The van der Waals surface area contributed by atoms with Gasteiger partial charge in [0.25, 0.3) is 0 Å². The lowest BCUT2D eigenvalue weighted by molar-refractivity contribution is -0.125. The molecule has 0 aromatic carbocycles. The fourth-order valence-electron chi connectivity index (χ4n) is 2.27. The summed E-state index contributed by atoms with van der Waals surface area (Å²) < 4.78 is 0. The summed E-state index contributed by atoms with van der Waals surface area (Å²) in [5.41, 5.74) is 0. The molecule has 1 rings (SSSR count). The third-order valence-corrected chi connectivity index (χ3v) is 3.35. The molecule has 1 fully saturated rings. The highest BCUT2D eigenvalue weighted by Gasteiger charge is 2.19. The molecule has 0 radical (unpaired) electrons. The number of hydrogen-bond donors (Lipinski definition) is 2. The fourth-order valence-corrected chi connectivity index (χ4v) is 2.27. The maximum Gasteiger partial charge on any atom is 0.224 e. The molecule has 0 spiro atoms. The normalized spacial score (nSPS) is 19.1. The van der Waals surface area contributed by atoms with Crippen molar-refractivity contribution in [3.63, 3.8) is 0 Å². The third kappa shape index (κ3) is 4.20. The molecular weight excluding hydrogens is 188 g/mol. The molecule has 3 heteroatoms. The first-order valence-corrected chi connectivity index (χ1v) is 6.20. The van der Waals surface area contributed by atoms with Crippen LogP contribution in [0, 0.1) is 11.8 Å². The van der Waals surface area contributed by atoms with Crippen LogP contribution in [-0.4, -0.2) is 26.0 Å². The van der Waals surface area contributed by atoms with Gasteiger partial charge in [-0.2, -0.15) is 0 Å². The number of rotatable bonds is 6. The van der Waals surface area contributed by atoms with Gasteiger partial charge in [0, 0.05) is 13.1 Å². The number of nitrogens with one attached hydrogen (secondary N) is 2. The average Bonchev–Trinajstić information content (AvgIpc) is 2.75. The minimum atomic E-state index is 0.136. The first-order chi connectivity index (χ1) is 7.27. The van der Waals surface area contributed by atoms with E-state index >= 15 is 0 Å². The van der Waals surface area contributed by atoms with Crippen LogP contribution < -0.4 is 10.6 Å². The number of amides is 1. The lowest BCUT2D eigenvalue weighted by Gasteiger charge is -2.16. The van der Waals surface area contributed by atoms with Crippen molar-refractivity contribution < 1.29 is 4.79 Å². The smallest absolute Gasteiger partial charge is 0.224 e. The Hall–Kier alpha value is -0.570. The van der Waals surface area contributed by atoms with Gasteiger partial charge in [-0.25, -0.2) is 0 Å². The topological polar surface area (TPSA) is 41.1 Å². The van der Waals surface area contributed by atoms with Gasteiger partial charge < -0.3 is 10.6 Å². The van der Waals surface area contributed by atoms with Gasteiger partial charge in [-0.05, 0) is 32.2 Å².